The number of hydrogen-bond acceptors (Lipinski definition) is 4. The molecular formula is C12H18N4O. The van der Waals surface area contributed by atoms with Crippen LogP contribution in [0.1, 0.15) is 19.8 Å². The maximum Gasteiger partial charge on any atom is 0.154 e. The van der Waals surface area contributed by atoms with Crippen LogP contribution in [0.15, 0.2) is 24.7 Å². The quantitative estimate of drug-likeness (QED) is 0.819. The van der Waals surface area contributed by atoms with Crippen LogP contribution in [-0.2, 0) is 0 Å². The minimum Gasteiger partial charge on any atom is -0.395 e. The molecule has 2 rings (SSSR count). The first-order chi connectivity index (χ1) is 8.36. The molecule has 0 amide bonds. The van der Waals surface area contributed by atoms with E-state index in [0.717, 1.165) is 30.7 Å². The Bertz CT molecular complexity index is 468. The number of rotatable bonds is 6. The van der Waals surface area contributed by atoms with E-state index in [2.05, 4.69) is 21.9 Å². The summed E-state index contributed by atoms with van der Waals surface area (Å²) < 4.78 is 1.80. The Morgan fingerprint density at radius 1 is 1.35 bits per heavy atom. The lowest BCUT2D eigenvalue weighted by atomic mass is 10.3. The van der Waals surface area contributed by atoms with Crippen molar-refractivity contribution >= 4 is 11.3 Å². The molecule has 0 bridgehead atoms. The summed E-state index contributed by atoms with van der Waals surface area (Å²) in [5.74, 6) is 0.896. The van der Waals surface area contributed by atoms with Gasteiger partial charge in [0.15, 0.2) is 5.82 Å². The van der Waals surface area contributed by atoms with Crippen LogP contribution in [0.5, 0.6) is 0 Å². The van der Waals surface area contributed by atoms with Gasteiger partial charge in [0.25, 0.3) is 0 Å². The van der Waals surface area contributed by atoms with Gasteiger partial charge in [0.1, 0.15) is 5.52 Å². The van der Waals surface area contributed by atoms with E-state index < -0.39 is 0 Å². The summed E-state index contributed by atoms with van der Waals surface area (Å²) >= 11 is 0. The van der Waals surface area contributed by atoms with E-state index in [0.29, 0.717) is 6.54 Å². The van der Waals surface area contributed by atoms with E-state index in [1.54, 1.807) is 16.9 Å². The van der Waals surface area contributed by atoms with Gasteiger partial charge in [-0.05, 0) is 12.5 Å². The second kappa shape index (κ2) is 5.63. The van der Waals surface area contributed by atoms with E-state index in [-0.39, 0.29) is 6.61 Å². The number of hydrogen-bond donors (Lipinski definition) is 1. The molecule has 1 N–H and O–H groups in total. The molecular weight excluding hydrogens is 216 g/mol. The number of unbranched alkanes of at least 4 members (excludes halogenated alkanes) is 1. The molecule has 0 aliphatic rings. The van der Waals surface area contributed by atoms with E-state index in [1.165, 1.54) is 0 Å². The van der Waals surface area contributed by atoms with Crippen LogP contribution in [0.4, 0.5) is 5.82 Å². The molecule has 0 fully saturated rings. The fourth-order valence-electron chi connectivity index (χ4n) is 1.88. The summed E-state index contributed by atoms with van der Waals surface area (Å²) in [5, 5.41) is 13.3. The van der Waals surface area contributed by atoms with Crippen LogP contribution in [0.3, 0.4) is 0 Å². The Morgan fingerprint density at radius 3 is 3.00 bits per heavy atom. The first-order valence-corrected chi connectivity index (χ1v) is 6.01. The molecule has 17 heavy (non-hydrogen) atoms. The van der Waals surface area contributed by atoms with Gasteiger partial charge in [0.05, 0.1) is 12.8 Å². The predicted molar refractivity (Wildman–Crippen MR) is 67.2 cm³/mol. The Morgan fingerprint density at radius 2 is 2.24 bits per heavy atom. The minimum atomic E-state index is 0.139. The Labute approximate surface area is 101 Å². The maximum atomic E-state index is 9.13. The fraction of sp³-hybridized carbons (Fsp3) is 0.500. The molecule has 0 unspecified atom stereocenters. The monoisotopic (exact) mass is 234 g/mol. The van der Waals surface area contributed by atoms with Crippen LogP contribution in [0.2, 0.25) is 0 Å². The van der Waals surface area contributed by atoms with E-state index in [1.807, 2.05) is 12.3 Å². The summed E-state index contributed by atoms with van der Waals surface area (Å²) in [6, 6.07) is 1.94. The summed E-state index contributed by atoms with van der Waals surface area (Å²) in [6.45, 7) is 3.82. The zero-order chi connectivity index (χ0) is 12.1. The van der Waals surface area contributed by atoms with Crippen molar-refractivity contribution in [1.82, 2.24) is 14.6 Å². The van der Waals surface area contributed by atoms with Crippen LogP contribution in [-0.4, -0.2) is 39.4 Å². The zero-order valence-corrected chi connectivity index (χ0v) is 10.1. The van der Waals surface area contributed by atoms with Crippen LogP contribution < -0.4 is 4.90 Å². The maximum absolute atomic E-state index is 9.13. The molecule has 2 aromatic heterocycles. The minimum absolute atomic E-state index is 0.139. The predicted octanol–water partition coefficient (Wildman–Crippen LogP) is 1.33. The lowest BCUT2D eigenvalue weighted by Crippen LogP contribution is -2.29. The van der Waals surface area contributed by atoms with Crippen molar-refractivity contribution in [2.45, 2.75) is 19.8 Å². The molecule has 0 aliphatic heterocycles. The Kier molecular flexibility index (Phi) is 3.93. The van der Waals surface area contributed by atoms with Crippen molar-refractivity contribution in [1.29, 1.82) is 0 Å². The molecule has 92 valence electrons. The summed E-state index contributed by atoms with van der Waals surface area (Å²) in [5.41, 5.74) is 0.983. The van der Waals surface area contributed by atoms with E-state index in [9.17, 15) is 0 Å². The van der Waals surface area contributed by atoms with Gasteiger partial charge in [-0.15, -0.1) is 0 Å². The van der Waals surface area contributed by atoms with E-state index in [4.69, 9.17) is 5.11 Å². The van der Waals surface area contributed by atoms with Crippen LogP contribution in [0.25, 0.3) is 5.52 Å². The molecule has 0 atom stereocenters. The third-order valence-corrected chi connectivity index (χ3v) is 2.76. The SMILES string of the molecule is CCCCN(CCO)c1nccn2nccc12. The van der Waals surface area contributed by atoms with Crippen molar-refractivity contribution in [3.05, 3.63) is 24.7 Å². The topological polar surface area (TPSA) is 53.7 Å². The van der Waals surface area contributed by atoms with Crippen molar-refractivity contribution in [2.75, 3.05) is 24.6 Å². The van der Waals surface area contributed by atoms with Gasteiger partial charge in [0, 0.05) is 25.5 Å². The molecule has 0 spiro atoms. The smallest absolute Gasteiger partial charge is 0.154 e. The van der Waals surface area contributed by atoms with Gasteiger partial charge >= 0.3 is 0 Å². The summed E-state index contributed by atoms with van der Waals surface area (Å²) in [4.78, 5) is 6.52. The number of anilines is 1. The second-order valence-electron chi connectivity index (χ2n) is 3.98. The van der Waals surface area contributed by atoms with Gasteiger partial charge in [-0.2, -0.15) is 5.10 Å². The molecule has 2 heterocycles. The molecule has 0 aromatic carbocycles. The fourth-order valence-corrected chi connectivity index (χ4v) is 1.88. The number of nitrogens with zero attached hydrogens (tertiary/aromatic N) is 4. The lowest BCUT2D eigenvalue weighted by Gasteiger charge is -2.23. The summed E-state index contributed by atoms with van der Waals surface area (Å²) in [6.07, 6.45) is 7.56. The van der Waals surface area contributed by atoms with E-state index >= 15 is 0 Å². The molecule has 0 saturated heterocycles. The van der Waals surface area contributed by atoms with Gasteiger partial charge in [-0.1, -0.05) is 13.3 Å². The largest absolute Gasteiger partial charge is 0.395 e. The summed E-state index contributed by atoms with van der Waals surface area (Å²) in [7, 11) is 0. The highest BCUT2D eigenvalue weighted by molar-refractivity contribution is 5.68. The number of fused-ring (bicyclic) bond motifs is 1. The number of aliphatic hydroxyl groups is 1. The average Bonchev–Trinajstić information content (AvgIpc) is 2.82. The molecule has 5 heteroatoms. The van der Waals surface area contributed by atoms with Gasteiger partial charge in [-0.25, -0.2) is 9.50 Å². The highest BCUT2D eigenvalue weighted by Crippen LogP contribution is 2.18. The highest BCUT2D eigenvalue weighted by atomic mass is 16.3. The van der Waals surface area contributed by atoms with Gasteiger partial charge in [0.2, 0.25) is 0 Å². The zero-order valence-electron chi connectivity index (χ0n) is 10.1. The molecule has 0 aliphatic carbocycles. The highest BCUT2D eigenvalue weighted by Gasteiger charge is 2.11. The molecule has 2 aromatic rings. The molecule has 0 radical (unpaired) electrons. The standard InChI is InChI=1S/C12H18N4O/c1-2-3-7-15(9-10-17)12-11-4-5-14-16(11)8-6-13-12/h4-6,8,17H,2-3,7,9-10H2,1H3. The van der Waals surface area contributed by atoms with Gasteiger partial charge < -0.3 is 10.0 Å². The number of aromatic nitrogens is 3. The van der Waals surface area contributed by atoms with Crippen molar-refractivity contribution < 1.29 is 5.11 Å². The van der Waals surface area contributed by atoms with Crippen molar-refractivity contribution in [3.63, 3.8) is 0 Å². The van der Waals surface area contributed by atoms with Crippen molar-refractivity contribution in [3.8, 4) is 0 Å². The average molecular weight is 234 g/mol. The van der Waals surface area contributed by atoms with Crippen LogP contribution >= 0.6 is 0 Å². The van der Waals surface area contributed by atoms with Crippen molar-refractivity contribution in [2.24, 2.45) is 0 Å². The first kappa shape index (κ1) is 11.9. The first-order valence-electron chi connectivity index (χ1n) is 6.01. The third-order valence-electron chi connectivity index (χ3n) is 2.76. The Balaban J connectivity index is 2.30. The third kappa shape index (κ3) is 2.55. The number of aliphatic hydroxyl groups excluding tert-OH is 1. The molecule has 5 nitrogen and oxygen atoms in total. The van der Waals surface area contributed by atoms with Gasteiger partial charge in [-0.3, -0.25) is 0 Å². The lowest BCUT2D eigenvalue weighted by molar-refractivity contribution is 0.301. The van der Waals surface area contributed by atoms with Crippen LogP contribution in [0, 0.1) is 0 Å². The second-order valence-corrected chi connectivity index (χ2v) is 3.98. The Hall–Kier alpha value is -1.62. The molecule has 0 saturated carbocycles. The normalized spacial score (nSPS) is 10.9.